The molecule has 0 aliphatic carbocycles. The van der Waals surface area contributed by atoms with Gasteiger partial charge in [0.05, 0.1) is 6.54 Å². The van der Waals surface area contributed by atoms with E-state index < -0.39 is 0 Å². The first-order valence-electron chi connectivity index (χ1n) is 5.80. The van der Waals surface area contributed by atoms with Gasteiger partial charge in [-0.05, 0) is 25.0 Å². The van der Waals surface area contributed by atoms with Gasteiger partial charge in [-0.25, -0.2) is 4.98 Å². The predicted molar refractivity (Wildman–Crippen MR) is 71.3 cm³/mol. The number of amides is 1. The lowest BCUT2D eigenvalue weighted by Crippen LogP contribution is -2.22. The third-order valence-electron chi connectivity index (χ3n) is 2.47. The molecule has 0 fully saturated rings. The Kier molecular flexibility index (Phi) is 4.41. The highest BCUT2D eigenvalue weighted by Gasteiger charge is 2.04. The van der Waals surface area contributed by atoms with Crippen LogP contribution < -0.4 is 5.32 Å². The van der Waals surface area contributed by atoms with Crippen LogP contribution in [0.25, 0.3) is 0 Å². The molecule has 0 aromatic carbocycles. The smallest absolute Gasteiger partial charge is 0.220 e. The van der Waals surface area contributed by atoms with Crippen LogP contribution >= 0.6 is 11.3 Å². The summed E-state index contributed by atoms with van der Waals surface area (Å²) in [6, 6.07) is 3.86. The van der Waals surface area contributed by atoms with Crippen molar-refractivity contribution in [1.29, 1.82) is 0 Å². The van der Waals surface area contributed by atoms with Gasteiger partial charge in [0, 0.05) is 29.9 Å². The molecule has 2 aromatic rings. The molecule has 2 heterocycles. The maximum atomic E-state index is 11.6. The molecular formula is C13H15N3OS. The van der Waals surface area contributed by atoms with Crippen LogP contribution in [0.3, 0.4) is 0 Å². The minimum atomic E-state index is 0.0479. The van der Waals surface area contributed by atoms with Crippen molar-refractivity contribution in [2.45, 2.75) is 26.3 Å². The molecule has 0 saturated carbocycles. The molecule has 0 unspecified atom stereocenters. The van der Waals surface area contributed by atoms with Crippen LogP contribution in [0, 0.1) is 6.92 Å². The van der Waals surface area contributed by atoms with Crippen LogP contribution in [-0.4, -0.2) is 15.9 Å². The lowest BCUT2D eigenvalue weighted by molar-refractivity contribution is -0.121. The van der Waals surface area contributed by atoms with E-state index in [0.29, 0.717) is 13.0 Å². The Hall–Kier alpha value is -1.75. The first kappa shape index (κ1) is 12.7. The second kappa shape index (κ2) is 6.26. The first-order valence-corrected chi connectivity index (χ1v) is 6.68. The van der Waals surface area contributed by atoms with Gasteiger partial charge < -0.3 is 5.32 Å². The third-order valence-corrected chi connectivity index (χ3v) is 3.43. The summed E-state index contributed by atoms with van der Waals surface area (Å²) < 4.78 is 0. The fraction of sp³-hybridized carbons (Fsp3) is 0.308. The molecule has 0 bridgehead atoms. The van der Waals surface area contributed by atoms with Gasteiger partial charge in [-0.3, -0.25) is 9.78 Å². The van der Waals surface area contributed by atoms with Crippen molar-refractivity contribution in [2.24, 2.45) is 0 Å². The Morgan fingerprint density at radius 2 is 2.39 bits per heavy atom. The quantitative estimate of drug-likeness (QED) is 0.896. The van der Waals surface area contributed by atoms with Gasteiger partial charge in [-0.1, -0.05) is 6.07 Å². The normalized spacial score (nSPS) is 10.3. The maximum absolute atomic E-state index is 11.6. The molecule has 18 heavy (non-hydrogen) atoms. The summed E-state index contributed by atoms with van der Waals surface area (Å²) >= 11 is 1.57. The van der Waals surface area contributed by atoms with Gasteiger partial charge in [0.1, 0.15) is 5.01 Å². The van der Waals surface area contributed by atoms with Gasteiger partial charge in [0.2, 0.25) is 5.91 Å². The fourth-order valence-corrected chi connectivity index (χ4v) is 2.26. The van der Waals surface area contributed by atoms with E-state index in [4.69, 9.17) is 0 Å². The van der Waals surface area contributed by atoms with E-state index in [0.717, 1.165) is 22.7 Å². The standard InChI is InChI=1S/C13H15N3OS/c1-10-9-18-13(16-10)8-15-12(17)5-4-11-3-2-6-14-7-11/h2-3,6-7,9H,4-5,8H2,1H3,(H,15,17). The Morgan fingerprint density at radius 3 is 3.06 bits per heavy atom. The van der Waals surface area contributed by atoms with Gasteiger partial charge >= 0.3 is 0 Å². The predicted octanol–water partition coefficient (Wildman–Crippen LogP) is 2.10. The number of hydrogen-bond donors (Lipinski definition) is 1. The summed E-state index contributed by atoms with van der Waals surface area (Å²) in [5, 5.41) is 5.80. The lowest BCUT2D eigenvalue weighted by atomic mass is 10.1. The van der Waals surface area contributed by atoms with Crippen molar-refractivity contribution in [3.05, 3.63) is 46.2 Å². The largest absolute Gasteiger partial charge is 0.350 e. The molecule has 2 aromatic heterocycles. The van der Waals surface area contributed by atoms with Crippen LogP contribution in [0.5, 0.6) is 0 Å². The Labute approximate surface area is 110 Å². The molecule has 0 aliphatic heterocycles. The number of nitrogens with one attached hydrogen (secondary N) is 1. The van der Waals surface area contributed by atoms with E-state index in [1.807, 2.05) is 24.4 Å². The van der Waals surface area contributed by atoms with Crippen molar-refractivity contribution >= 4 is 17.2 Å². The second-order valence-corrected chi connectivity index (χ2v) is 4.96. The zero-order chi connectivity index (χ0) is 12.8. The van der Waals surface area contributed by atoms with Crippen molar-refractivity contribution < 1.29 is 4.79 Å². The Morgan fingerprint density at radius 1 is 1.50 bits per heavy atom. The minimum Gasteiger partial charge on any atom is -0.350 e. The topological polar surface area (TPSA) is 54.9 Å². The lowest BCUT2D eigenvalue weighted by Gasteiger charge is -2.03. The van der Waals surface area contributed by atoms with Crippen LogP contribution in [0.4, 0.5) is 0 Å². The highest BCUT2D eigenvalue weighted by Crippen LogP contribution is 2.08. The SMILES string of the molecule is Cc1csc(CNC(=O)CCc2cccnc2)n1. The third kappa shape index (κ3) is 3.92. The summed E-state index contributed by atoms with van der Waals surface area (Å²) in [7, 11) is 0. The van der Waals surface area contributed by atoms with Crippen LogP contribution in [0.2, 0.25) is 0 Å². The van der Waals surface area contributed by atoms with E-state index in [1.54, 1.807) is 23.7 Å². The molecule has 0 spiro atoms. The summed E-state index contributed by atoms with van der Waals surface area (Å²) in [5.74, 6) is 0.0479. The Bertz CT molecular complexity index is 510. The molecule has 5 heteroatoms. The van der Waals surface area contributed by atoms with Gasteiger partial charge in [-0.15, -0.1) is 11.3 Å². The van der Waals surface area contributed by atoms with E-state index in [2.05, 4.69) is 15.3 Å². The number of aryl methyl sites for hydroxylation is 2. The fourth-order valence-electron chi connectivity index (χ4n) is 1.55. The molecule has 1 amide bonds. The number of aromatic nitrogens is 2. The average Bonchev–Trinajstić information content (AvgIpc) is 2.81. The van der Waals surface area contributed by atoms with Crippen LogP contribution in [0.15, 0.2) is 29.9 Å². The summed E-state index contributed by atoms with van der Waals surface area (Å²) in [6.45, 7) is 2.47. The first-order chi connectivity index (χ1) is 8.74. The van der Waals surface area contributed by atoms with Crippen LogP contribution in [0.1, 0.15) is 22.7 Å². The zero-order valence-corrected chi connectivity index (χ0v) is 11.0. The number of hydrogen-bond acceptors (Lipinski definition) is 4. The molecule has 1 N–H and O–H groups in total. The summed E-state index contributed by atoms with van der Waals surface area (Å²) in [6.07, 6.45) is 4.72. The minimum absolute atomic E-state index is 0.0479. The van der Waals surface area contributed by atoms with Gasteiger partial charge in [-0.2, -0.15) is 0 Å². The average molecular weight is 261 g/mol. The number of nitrogens with zero attached hydrogens (tertiary/aromatic N) is 2. The van der Waals surface area contributed by atoms with E-state index >= 15 is 0 Å². The van der Waals surface area contributed by atoms with Gasteiger partial charge in [0.25, 0.3) is 0 Å². The zero-order valence-electron chi connectivity index (χ0n) is 10.2. The number of carbonyl (C=O) groups excluding carboxylic acids is 1. The monoisotopic (exact) mass is 261 g/mol. The highest BCUT2D eigenvalue weighted by molar-refractivity contribution is 7.09. The molecule has 0 aliphatic rings. The number of pyridine rings is 1. The molecule has 4 nitrogen and oxygen atoms in total. The van der Waals surface area contributed by atoms with Crippen molar-refractivity contribution in [1.82, 2.24) is 15.3 Å². The molecule has 94 valence electrons. The molecule has 0 radical (unpaired) electrons. The molecular weight excluding hydrogens is 246 g/mol. The Balaban J connectivity index is 1.73. The number of thiazole rings is 1. The molecule has 0 atom stereocenters. The van der Waals surface area contributed by atoms with Gasteiger partial charge in [0.15, 0.2) is 0 Å². The van der Waals surface area contributed by atoms with E-state index in [-0.39, 0.29) is 5.91 Å². The van der Waals surface area contributed by atoms with Crippen molar-refractivity contribution in [3.8, 4) is 0 Å². The number of rotatable bonds is 5. The molecule has 2 rings (SSSR count). The van der Waals surface area contributed by atoms with Crippen LogP contribution in [-0.2, 0) is 17.8 Å². The second-order valence-electron chi connectivity index (χ2n) is 4.02. The highest BCUT2D eigenvalue weighted by atomic mass is 32.1. The van der Waals surface area contributed by atoms with E-state index in [1.165, 1.54) is 0 Å². The van der Waals surface area contributed by atoms with E-state index in [9.17, 15) is 4.79 Å². The number of carbonyl (C=O) groups is 1. The van der Waals surface area contributed by atoms with Crippen molar-refractivity contribution in [3.63, 3.8) is 0 Å². The summed E-state index contributed by atoms with van der Waals surface area (Å²) in [4.78, 5) is 20.0. The molecule has 0 saturated heterocycles. The summed E-state index contributed by atoms with van der Waals surface area (Å²) in [5.41, 5.74) is 2.08. The maximum Gasteiger partial charge on any atom is 0.220 e. The van der Waals surface area contributed by atoms with Crippen molar-refractivity contribution in [2.75, 3.05) is 0 Å².